The van der Waals surface area contributed by atoms with Crippen molar-refractivity contribution in [3.8, 4) is 0 Å². The van der Waals surface area contributed by atoms with Crippen molar-refractivity contribution in [2.45, 2.75) is 65.5 Å². The van der Waals surface area contributed by atoms with E-state index in [0.717, 1.165) is 0 Å². The summed E-state index contributed by atoms with van der Waals surface area (Å²) >= 11 is 0. The van der Waals surface area contributed by atoms with Crippen LogP contribution in [0.15, 0.2) is 12.7 Å². The van der Waals surface area contributed by atoms with E-state index >= 15 is 0 Å². The predicted molar refractivity (Wildman–Crippen MR) is 115 cm³/mol. The van der Waals surface area contributed by atoms with Gasteiger partial charge in [0.25, 0.3) is 0 Å². The van der Waals surface area contributed by atoms with Crippen molar-refractivity contribution in [3.63, 3.8) is 0 Å². The highest BCUT2D eigenvalue weighted by Gasteiger charge is 2.37. The highest BCUT2D eigenvalue weighted by molar-refractivity contribution is 7.78. The summed E-state index contributed by atoms with van der Waals surface area (Å²) in [5, 5.41) is 2.60. The van der Waals surface area contributed by atoms with Crippen LogP contribution >= 0.6 is 7.29 Å². The van der Waals surface area contributed by atoms with Gasteiger partial charge in [-0.05, 0) is 34.6 Å². The molecule has 5 N–H and O–H groups in total. The second-order valence-corrected chi connectivity index (χ2v) is 10.1. The van der Waals surface area contributed by atoms with Crippen molar-refractivity contribution in [2.75, 3.05) is 12.1 Å². The first-order valence-corrected chi connectivity index (χ1v) is 11.7. The highest BCUT2D eigenvalue weighted by Crippen LogP contribution is 2.44. The lowest BCUT2D eigenvalue weighted by Crippen LogP contribution is -2.40. The van der Waals surface area contributed by atoms with Gasteiger partial charge in [-0.25, -0.2) is 20.0 Å². The summed E-state index contributed by atoms with van der Waals surface area (Å²) in [5.41, 5.74) is 11.7. The highest BCUT2D eigenvalue weighted by atomic mass is 31.2. The topological polar surface area (TPSA) is 177 Å². The third-order valence-electron chi connectivity index (χ3n) is 4.28. The van der Waals surface area contributed by atoms with Gasteiger partial charge in [0.1, 0.15) is 24.2 Å². The van der Waals surface area contributed by atoms with E-state index in [-0.39, 0.29) is 11.9 Å². The quantitative estimate of drug-likeness (QED) is 0.323. The first-order chi connectivity index (χ1) is 14.4. The van der Waals surface area contributed by atoms with Gasteiger partial charge in [0, 0.05) is 0 Å². The molecule has 0 aliphatic heterocycles. The third-order valence-corrected chi connectivity index (χ3v) is 6.71. The van der Waals surface area contributed by atoms with E-state index in [1.165, 1.54) is 20.2 Å². The number of ether oxygens (including phenoxy) is 2. The molecule has 2 heterocycles. The molecule has 2 aromatic heterocycles. The molecule has 0 fully saturated rings. The standard InChI is InChI=1S/C18H30N7O5P/c1-10(2)30-17(26)13(5)24-31(28,18(27)12(4)19)9-29-11(3)6-25-8-23-14-15(20)21-7-22-16(14)25/h7-8,10-13H,6,9,19H2,1-5H3,(H,24,28)(H2,20,21,22)/t11?,12?,13-,31-/m0/s1. The molecule has 0 radical (unpaired) electrons. The summed E-state index contributed by atoms with van der Waals surface area (Å²) < 4.78 is 25.9. The van der Waals surface area contributed by atoms with Gasteiger partial charge < -0.3 is 25.5 Å². The number of esters is 1. The Bertz CT molecular complexity index is 977. The molecule has 0 bridgehead atoms. The fraction of sp³-hybridized carbons (Fsp3) is 0.611. The number of imidazole rings is 1. The minimum Gasteiger partial charge on any atom is -0.462 e. The average Bonchev–Trinajstić information content (AvgIpc) is 3.09. The Morgan fingerprint density at radius 2 is 1.87 bits per heavy atom. The molecule has 172 valence electrons. The maximum atomic E-state index is 13.4. The van der Waals surface area contributed by atoms with Crippen LogP contribution in [0.5, 0.6) is 0 Å². The molecule has 0 aliphatic carbocycles. The van der Waals surface area contributed by atoms with Gasteiger partial charge >= 0.3 is 5.97 Å². The molecule has 4 atom stereocenters. The van der Waals surface area contributed by atoms with E-state index < -0.39 is 43.3 Å². The van der Waals surface area contributed by atoms with E-state index in [1.54, 1.807) is 31.7 Å². The molecule has 13 heteroatoms. The molecule has 0 spiro atoms. The van der Waals surface area contributed by atoms with Crippen LogP contribution in [0.4, 0.5) is 5.82 Å². The Balaban J connectivity index is 2.10. The summed E-state index contributed by atoms with van der Waals surface area (Å²) in [6.07, 6.45) is 1.63. The molecule has 0 amide bonds. The number of carbonyl (C=O) groups is 2. The summed E-state index contributed by atoms with van der Waals surface area (Å²) in [4.78, 5) is 36.9. The fourth-order valence-electron chi connectivity index (χ4n) is 2.79. The number of carbonyl (C=O) groups excluding carboxylic acids is 2. The lowest BCUT2D eigenvalue weighted by Gasteiger charge is -2.25. The molecule has 2 unspecified atom stereocenters. The fourth-order valence-corrected chi connectivity index (χ4v) is 4.97. The normalized spacial score (nSPS) is 16.6. The van der Waals surface area contributed by atoms with Gasteiger partial charge in [0.15, 0.2) is 11.5 Å². The van der Waals surface area contributed by atoms with E-state index in [2.05, 4.69) is 20.0 Å². The second-order valence-electron chi connectivity index (χ2n) is 7.64. The third kappa shape index (κ3) is 6.30. The number of aromatic nitrogens is 4. The maximum Gasteiger partial charge on any atom is 0.323 e. The molecule has 0 saturated carbocycles. The minimum absolute atomic E-state index is 0.260. The Hall–Kier alpha value is -2.40. The van der Waals surface area contributed by atoms with Crippen molar-refractivity contribution >= 4 is 35.8 Å². The van der Waals surface area contributed by atoms with Crippen LogP contribution in [0.1, 0.15) is 34.6 Å². The number of hydrogen-bond acceptors (Lipinski definition) is 10. The number of nitrogen functional groups attached to an aromatic ring is 1. The number of nitrogens with zero attached hydrogens (tertiary/aromatic N) is 4. The van der Waals surface area contributed by atoms with Gasteiger partial charge in [0.2, 0.25) is 12.8 Å². The Morgan fingerprint density at radius 1 is 1.19 bits per heavy atom. The van der Waals surface area contributed by atoms with Crippen LogP contribution in [0.25, 0.3) is 11.2 Å². The molecule has 0 aromatic carbocycles. The lowest BCUT2D eigenvalue weighted by molar-refractivity contribution is -0.148. The van der Waals surface area contributed by atoms with Crippen LogP contribution < -0.4 is 16.6 Å². The Kier molecular flexibility index (Phi) is 8.24. The number of nitrogens with one attached hydrogen (secondary N) is 1. The van der Waals surface area contributed by atoms with Crippen molar-refractivity contribution in [1.29, 1.82) is 0 Å². The maximum absolute atomic E-state index is 13.4. The summed E-state index contributed by atoms with van der Waals surface area (Å²) in [7, 11) is -3.83. The molecular formula is C18H30N7O5P. The molecule has 31 heavy (non-hydrogen) atoms. The van der Waals surface area contributed by atoms with Gasteiger partial charge in [-0.15, -0.1) is 0 Å². The largest absolute Gasteiger partial charge is 0.462 e. The van der Waals surface area contributed by atoms with Gasteiger partial charge in [-0.2, -0.15) is 0 Å². The summed E-state index contributed by atoms with van der Waals surface area (Å²) in [6, 6.07) is -1.98. The van der Waals surface area contributed by atoms with Crippen LogP contribution in [-0.2, 0) is 30.2 Å². The summed E-state index contributed by atoms with van der Waals surface area (Å²) in [5.74, 6) is -0.362. The number of rotatable bonds is 11. The smallest absolute Gasteiger partial charge is 0.323 e. The number of hydrogen-bond donors (Lipinski definition) is 3. The molecule has 12 nitrogen and oxygen atoms in total. The minimum atomic E-state index is -3.83. The zero-order chi connectivity index (χ0) is 23.3. The zero-order valence-electron chi connectivity index (χ0n) is 18.3. The monoisotopic (exact) mass is 455 g/mol. The van der Waals surface area contributed by atoms with Gasteiger partial charge in [-0.1, -0.05) is 0 Å². The Morgan fingerprint density at radius 3 is 2.48 bits per heavy atom. The first kappa shape index (κ1) is 24.9. The van der Waals surface area contributed by atoms with E-state index in [0.29, 0.717) is 17.7 Å². The zero-order valence-corrected chi connectivity index (χ0v) is 19.2. The molecule has 0 saturated heterocycles. The van der Waals surface area contributed by atoms with E-state index in [4.69, 9.17) is 20.9 Å². The van der Waals surface area contributed by atoms with Crippen LogP contribution in [0.3, 0.4) is 0 Å². The van der Waals surface area contributed by atoms with Crippen molar-refractivity contribution in [3.05, 3.63) is 12.7 Å². The lowest BCUT2D eigenvalue weighted by atomic mass is 10.4. The number of fused-ring (bicyclic) bond motifs is 1. The second kappa shape index (κ2) is 10.3. The molecular weight excluding hydrogens is 425 g/mol. The number of anilines is 1. The molecule has 2 rings (SSSR count). The SMILES string of the molecule is CC(C)OC(=O)[C@H](C)N[P@](=O)(COC(C)Cn1cnc2c(N)ncnc21)C(=O)C(C)N. The van der Waals surface area contributed by atoms with Crippen molar-refractivity contribution in [1.82, 2.24) is 24.6 Å². The Labute approximate surface area is 180 Å². The predicted octanol–water partition coefficient (Wildman–Crippen LogP) is 0.853. The average molecular weight is 455 g/mol. The number of nitrogens with two attached hydrogens (primary N) is 2. The van der Waals surface area contributed by atoms with Crippen LogP contribution in [0, 0.1) is 0 Å². The van der Waals surface area contributed by atoms with Gasteiger partial charge in [0.05, 0.1) is 31.1 Å². The molecule has 2 aromatic rings. The van der Waals surface area contributed by atoms with Crippen molar-refractivity contribution in [2.24, 2.45) is 5.73 Å². The first-order valence-electron chi connectivity index (χ1n) is 9.84. The van der Waals surface area contributed by atoms with E-state index in [1.807, 2.05) is 0 Å². The summed E-state index contributed by atoms with van der Waals surface area (Å²) in [6.45, 7) is 8.34. The van der Waals surface area contributed by atoms with Gasteiger partial charge in [-0.3, -0.25) is 14.2 Å². The van der Waals surface area contributed by atoms with Crippen LogP contribution in [0.2, 0.25) is 0 Å². The molecule has 0 aliphatic rings. The van der Waals surface area contributed by atoms with E-state index in [9.17, 15) is 14.2 Å². The van der Waals surface area contributed by atoms with Crippen LogP contribution in [-0.4, -0.2) is 61.7 Å². The van der Waals surface area contributed by atoms with Crippen molar-refractivity contribution < 1.29 is 23.6 Å².